The maximum atomic E-state index is 11.6. The van der Waals surface area contributed by atoms with Crippen LogP contribution in [0.25, 0.3) is 0 Å². The van der Waals surface area contributed by atoms with Gasteiger partial charge in [-0.1, -0.05) is 0 Å². The van der Waals surface area contributed by atoms with Gasteiger partial charge < -0.3 is 19.8 Å². The van der Waals surface area contributed by atoms with Crippen LogP contribution in [0.2, 0.25) is 0 Å². The molecule has 2 fully saturated rings. The Balaban J connectivity index is 1.73. The molecule has 2 N–H and O–H groups in total. The fraction of sp³-hybridized carbons (Fsp3) is 0.667. The van der Waals surface area contributed by atoms with E-state index in [0.717, 1.165) is 5.69 Å². The summed E-state index contributed by atoms with van der Waals surface area (Å²) in [4.78, 5) is 18.7. The molecule has 98 valence electrons. The summed E-state index contributed by atoms with van der Waals surface area (Å²) in [7, 11) is 0. The highest BCUT2D eigenvalue weighted by atomic mass is 16.6. The zero-order valence-corrected chi connectivity index (χ0v) is 10.1. The number of nitrogens with one attached hydrogen (secondary N) is 2. The molecule has 1 aliphatic heterocycles. The van der Waals surface area contributed by atoms with Gasteiger partial charge in [-0.25, -0.2) is 4.98 Å². The zero-order chi connectivity index (χ0) is 12.4. The van der Waals surface area contributed by atoms with Gasteiger partial charge in [-0.05, 0) is 12.8 Å². The highest BCUT2D eigenvalue weighted by Gasteiger charge is 2.22. The van der Waals surface area contributed by atoms with Gasteiger partial charge in [-0.3, -0.25) is 4.79 Å². The summed E-state index contributed by atoms with van der Waals surface area (Å²) >= 11 is 0. The van der Waals surface area contributed by atoms with E-state index in [4.69, 9.17) is 9.47 Å². The van der Waals surface area contributed by atoms with Crippen LogP contribution in [0.5, 0.6) is 0 Å². The van der Waals surface area contributed by atoms with Crippen LogP contribution in [0.3, 0.4) is 0 Å². The lowest BCUT2D eigenvalue weighted by Crippen LogP contribution is -2.27. The first-order valence-corrected chi connectivity index (χ1v) is 6.34. The summed E-state index contributed by atoms with van der Waals surface area (Å²) in [6, 6.07) is 2.13. The average molecular weight is 251 g/mol. The van der Waals surface area contributed by atoms with E-state index in [0.29, 0.717) is 38.2 Å². The van der Waals surface area contributed by atoms with Crippen molar-refractivity contribution in [2.75, 3.05) is 19.8 Å². The predicted octanol–water partition coefficient (Wildman–Crippen LogP) is 0.110. The van der Waals surface area contributed by atoms with Crippen LogP contribution in [0.15, 0.2) is 10.9 Å². The lowest BCUT2D eigenvalue weighted by atomic mass is 10.3. The molecular weight excluding hydrogens is 234 g/mol. The molecular formula is C12H17N3O3. The molecule has 3 rings (SSSR count). The molecule has 1 atom stereocenters. The van der Waals surface area contributed by atoms with E-state index in [2.05, 4.69) is 15.3 Å². The molecule has 0 radical (unpaired) electrons. The highest BCUT2D eigenvalue weighted by Crippen LogP contribution is 2.19. The topological polar surface area (TPSA) is 76.2 Å². The Hall–Kier alpha value is -1.24. The Kier molecular flexibility index (Phi) is 3.40. The normalized spacial score (nSPS) is 24.1. The standard InChI is InChI=1S/C12H17N3O3/c16-11-5-9(6-13-8-1-2-8)14-12(15-11)10-7-17-3-4-18-10/h5,8,10,13H,1-4,6-7H2,(H,14,15,16). The minimum atomic E-state index is -0.257. The van der Waals surface area contributed by atoms with Crippen LogP contribution in [-0.4, -0.2) is 35.8 Å². The predicted molar refractivity (Wildman–Crippen MR) is 64.2 cm³/mol. The van der Waals surface area contributed by atoms with E-state index in [1.54, 1.807) is 0 Å². The molecule has 18 heavy (non-hydrogen) atoms. The summed E-state index contributed by atoms with van der Waals surface area (Å²) in [6.45, 7) is 2.22. The number of nitrogens with zero attached hydrogens (tertiary/aromatic N) is 1. The second kappa shape index (κ2) is 5.17. The molecule has 2 aliphatic rings. The van der Waals surface area contributed by atoms with Gasteiger partial charge in [0.1, 0.15) is 11.9 Å². The van der Waals surface area contributed by atoms with E-state index in [1.165, 1.54) is 18.9 Å². The molecule has 0 spiro atoms. The van der Waals surface area contributed by atoms with Crippen molar-refractivity contribution in [2.45, 2.75) is 31.5 Å². The zero-order valence-electron chi connectivity index (χ0n) is 10.1. The third-order valence-electron chi connectivity index (χ3n) is 3.08. The highest BCUT2D eigenvalue weighted by molar-refractivity contribution is 5.05. The van der Waals surface area contributed by atoms with Crippen LogP contribution in [0.1, 0.15) is 30.5 Å². The summed E-state index contributed by atoms with van der Waals surface area (Å²) in [5.74, 6) is 0.565. The van der Waals surface area contributed by atoms with Crippen molar-refractivity contribution in [1.29, 1.82) is 0 Å². The van der Waals surface area contributed by atoms with Crippen molar-refractivity contribution < 1.29 is 9.47 Å². The van der Waals surface area contributed by atoms with E-state index in [1.807, 2.05) is 0 Å². The summed E-state index contributed by atoms with van der Waals surface area (Å²) in [5.41, 5.74) is 0.622. The molecule has 1 aromatic rings. The minimum absolute atomic E-state index is 0.137. The molecule has 0 bridgehead atoms. The number of H-pyrrole nitrogens is 1. The molecule has 1 saturated carbocycles. The lowest BCUT2D eigenvalue weighted by molar-refractivity contribution is -0.0936. The van der Waals surface area contributed by atoms with E-state index >= 15 is 0 Å². The van der Waals surface area contributed by atoms with Crippen molar-refractivity contribution >= 4 is 0 Å². The first-order chi connectivity index (χ1) is 8.81. The van der Waals surface area contributed by atoms with Crippen LogP contribution >= 0.6 is 0 Å². The molecule has 2 heterocycles. The van der Waals surface area contributed by atoms with Crippen molar-refractivity contribution in [3.63, 3.8) is 0 Å². The van der Waals surface area contributed by atoms with Gasteiger partial charge in [0.2, 0.25) is 0 Å². The quantitative estimate of drug-likeness (QED) is 0.794. The maximum absolute atomic E-state index is 11.6. The molecule has 1 aliphatic carbocycles. The van der Waals surface area contributed by atoms with Gasteiger partial charge in [0.05, 0.1) is 25.5 Å². The van der Waals surface area contributed by atoms with Crippen molar-refractivity contribution in [1.82, 2.24) is 15.3 Å². The number of ether oxygens (including phenoxy) is 2. The number of aromatic nitrogens is 2. The van der Waals surface area contributed by atoms with Gasteiger partial charge in [-0.2, -0.15) is 0 Å². The fourth-order valence-corrected chi connectivity index (χ4v) is 1.95. The summed E-state index contributed by atoms with van der Waals surface area (Å²) < 4.78 is 10.9. The van der Waals surface area contributed by atoms with Gasteiger partial charge in [-0.15, -0.1) is 0 Å². The molecule has 0 amide bonds. The number of aromatic amines is 1. The second-order valence-electron chi connectivity index (χ2n) is 4.71. The molecule has 1 aromatic heterocycles. The lowest BCUT2D eigenvalue weighted by Gasteiger charge is -2.22. The Morgan fingerprint density at radius 3 is 3.06 bits per heavy atom. The van der Waals surface area contributed by atoms with Gasteiger partial charge >= 0.3 is 0 Å². The summed E-state index contributed by atoms with van der Waals surface area (Å²) in [6.07, 6.45) is 2.18. The van der Waals surface area contributed by atoms with E-state index in [9.17, 15) is 4.79 Å². The van der Waals surface area contributed by atoms with E-state index < -0.39 is 0 Å². The number of hydrogen-bond donors (Lipinski definition) is 2. The third kappa shape index (κ3) is 2.95. The molecule has 6 heteroatoms. The first kappa shape index (κ1) is 11.8. The Morgan fingerprint density at radius 1 is 1.44 bits per heavy atom. The molecule has 6 nitrogen and oxygen atoms in total. The molecule has 1 saturated heterocycles. The second-order valence-corrected chi connectivity index (χ2v) is 4.71. The average Bonchev–Trinajstić information content (AvgIpc) is 3.21. The Bertz CT molecular complexity index is 464. The fourth-order valence-electron chi connectivity index (χ4n) is 1.95. The van der Waals surface area contributed by atoms with Crippen molar-refractivity contribution in [3.05, 3.63) is 27.9 Å². The van der Waals surface area contributed by atoms with Crippen LogP contribution in [0.4, 0.5) is 0 Å². The van der Waals surface area contributed by atoms with E-state index in [-0.39, 0.29) is 11.7 Å². The Morgan fingerprint density at radius 2 is 2.33 bits per heavy atom. The van der Waals surface area contributed by atoms with Gasteiger partial charge in [0.25, 0.3) is 5.56 Å². The number of hydrogen-bond acceptors (Lipinski definition) is 5. The summed E-state index contributed by atoms with van der Waals surface area (Å²) in [5, 5.41) is 3.34. The smallest absolute Gasteiger partial charge is 0.251 e. The number of rotatable bonds is 4. The van der Waals surface area contributed by atoms with Crippen molar-refractivity contribution in [2.24, 2.45) is 0 Å². The largest absolute Gasteiger partial charge is 0.376 e. The minimum Gasteiger partial charge on any atom is -0.376 e. The van der Waals surface area contributed by atoms with Gasteiger partial charge in [0, 0.05) is 18.7 Å². The van der Waals surface area contributed by atoms with Crippen LogP contribution in [0, 0.1) is 0 Å². The first-order valence-electron chi connectivity index (χ1n) is 6.34. The van der Waals surface area contributed by atoms with Crippen molar-refractivity contribution in [3.8, 4) is 0 Å². The SMILES string of the molecule is O=c1cc(CNC2CC2)nc(C2COCCO2)[nH]1. The molecule has 1 unspecified atom stereocenters. The van der Waals surface area contributed by atoms with Crippen LogP contribution in [-0.2, 0) is 16.0 Å². The van der Waals surface area contributed by atoms with Crippen LogP contribution < -0.4 is 10.9 Å². The van der Waals surface area contributed by atoms with Gasteiger partial charge in [0.15, 0.2) is 0 Å². The molecule has 0 aromatic carbocycles. The monoisotopic (exact) mass is 251 g/mol. The Labute approximate surface area is 105 Å². The maximum Gasteiger partial charge on any atom is 0.251 e. The third-order valence-corrected chi connectivity index (χ3v) is 3.08.